The third-order valence-electron chi connectivity index (χ3n) is 4.85. The third kappa shape index (κ3) is 5.22. The number of hydrogen-bond acceptors (Lipinski definition) is 9. The van der Waals surface area contributed by atoms with Crippen molar-refractivity contribution in [3.05, 3.63) is 40.1 Å². The third-order valence-corrected chi connectivity index (χ3v) is 6.85. The maximum Gasteiger partial charge on any atom is 0.232 e. The van der Waals surface area contributed by atoms with Gasteiger partial charge >= 0.3 is 0 Å². The summed E-state index contributed by atoms with van der Waals surface area (Å²) in [5.74, 6) is 0.258. The molecule has 0 unspecified atom stereocenters. The van der Waals surface area contributed by atoms with Crippen molar-refractivity contribution in [3.63, 3.8) is 0 Å². The normalized spacial score (nSPS) is 18.7. The van der Waals surface area contributed by atoms with E-state index in [1.54, 1.807) is 6.20 Å². The highest BCUT2D eigenvalue weighted by Crippen LogP contribution is 2.43. The number of anilines is 2. The minimum atomic E-state index is -0.155. The summed E-state index contributed by atoms with van der Waals surface area (Å²) < 4.78 is 0. The summed E-state index contributed by atoms with van der Waals surface area (Å²) in [7, 11) is 0. The first-order valence-electron chi connectivity index (χ1n) is 9.71. The van der Waals surface area contributed by atoms with Gasteiger partial charge in [-0.25, -0.2) is 0 Å². The Kier molecular flexibility index (Phi) is 6.38. The maximum atomic E-state index is 12.2. The van der Waals surface area contributed by atoms with E-state index in [9.17, 15) is 9.59 Å². The topological polar surface area (TPSA) is 123 Å². The second kappa shape index (κ2) is 9.35. The van der Waals surface area contributed by atoms with Crippen LogP contribution in [0.2, 0.25) is 0 Å². The van der Waals surface area contributed by atoms with E-state index in [1.807, 2.05) is 18.2 Å². The highest BCUT2D eigenvalue weighted by atomic mass is 32.1. The van der Waals surface area contributed by atoms with E-state index >= 15 is 0 Å². The first-order valence-corrected chi connectivity index (χ1v) is 11.3. The Balaban J connectivity index is 1.36. The molecular formula is C19H21N7O2S2. The van der Waals surface area contributed by atoms with Gasteiger partial charge in [0, 0.05) is 30.7 Å². The number of rotatable bonds is 6. The van der Waals surface area contributed by atoms with E-state index in [0.29, 0.717) is 16.0 Å². The minimum Gasteiger partial charge on any atom is -0.301 e. The molecule has 156 valence electrons. The van der Waals surface area contributed by atoms with Gasteiger partial charge in [0.05, 0.1) is 6.42 Å². The van der Waals surface area contributed by atoms with Gasteiger partial charge in [-0.1, -0.05) is 35.2 Å². The number of nitrogens with one attached hydrogen (secondary N) is 2. The molecule has 0 aromatic carbocycles. The number of carbonyl (C=O) groups excluding carboxylic acids is 2. The molecule has 0 bridgehead atoms. The van der Waals surface area contributed by atoms with Crippen LogP contribution in [0.5, 0.6) is 0 Å². The van der Waals surface area contributed by atoms with Gasteiger partial charge in [0.1, 0.15) is 10.0 Å². The van der Waals surface area contributed by atoms with E-state index in [2.05, 4.69) is 36.0 Å². The fourth-order valence-electron chi connectivity index (χ4n) is 3.52. The fraction of sp³-hybridized carbons (Fsp3) is 0.421. The van der Waals surface area contributed by atoms with Gasteiger partial charge < -0.3 is 10.6 Å². The molecule has 2 atom stereocenters. The number of nitrogens with zero attached hydrogens (tertiary/aromatic N) is 5. The Labute approximate surface area is 181 Å². The summed E-state index contributed by atoms with van der Waals surface area (Å²) in [6, 6.07) is 5.49. The average molecular weight is 444 g/mol. The molecule has 0 aliphatic heterocycles. The molecule has 1 saturated carbocycles. The zero-order valence-corrected chi connectivity index (χ0v) is 18.0. The Morgan fingerprint density at radius 3 is 2.27 bits per heavy atom. The summed E-state index contributed by atoms with van der Waals surface area (Å²) in [4.78, 5) is 27.6. The zero-order chi connectivity index (χ0) is 20.9. The Morgan fingerprint density at radius 1 is 1.00 bits per heavy atom. The largest absolute Gasteiger partial charge is 0.301 e. The van der Waals surface area contributed by atoms with E-state index < -0.39 is 0 Å². The fourth-order valence-corrected chi connectivity index (χ4v) is 5.36. The van der Waals surface area contributed by atoms with Crippen molar-refractivity contribution in [1.29, 1.82) is 0 Å². The van der Waals surface area contributed by atoms with Crippen LogP contribution in [0.25, 0.3) is 0 Å². The van der Waals surface area contributed by atoms with Crippen molar-refractivity contribution >= 4 is 44.8 Å². The minimum absolute atomic E-state index is 0.147. The van der Waals surface area contributed by atoms with Crippen LogP contribution in [0.4, 0.5) is 10.3 Å². The average Bonchev–Trinajstić information content (AvgIpc) is 3.38. The lowest BCUT2D eigenvalue weighted by molar-refractivity contribution is -0.116. The first kappa shape index (κ1) is 20.5. The number of pyridine rings is 1. The molecule has 2 amide bonds. The number of aromatic nitrogens is 5. The highest BCUT2D eigenvalue weighted by Gasteiger charge is 2.29. The zero-order valence-electron chi connectivity index (χ0n) is 16.4. The van der Waals surface area contributed by atoms with Gasteiger partial charge in [-0.3, -0.25) is 14.6 Å². The van der Waals surface area contributed by atoms with Crippen LogP contribution >= 0.6 is 22.7 Å². The molecule has 4 rings (SSSR count). The van der Waals surface area contributed by atoms with Crippen molar-refractivity contribution in [2.24, 2.45) is 0 Å². The van der Waals surface area contributed by atoms with Crippen molar-refractivity contribution in [2.75, 3.05) is 10.6 Å². The van der Waals surface area contributed by atoms with Crippen LogP contribution < -0.4 is 10.6 Å². The molecule has 2 N–H and O–H groups in total. The van der Waals surface area contributed by atoms with Gasteiger partial charge in [0.25, 0.3) is 0 Å². The van der Waals surface area contributed by atoms with Gasteiger partial charge in [-0.05, 0) is 31.4 Å². The second-order valence-electron chi connectivity index (χ2n) is 7.18. The lowest BCUT2D eigenvalue weighted by Crippen LogP contribution is -2.14. The molecule has 30 heavy (non-hydrogen) atoms. The summed E-state index contributed by atoms with van der Waals surface area (Å²) in [6.45, 7) is 1.46. The molecule has 0 spiro atoms. The van der Waals surface area contributed by atoms with Crippen LogP contribution in [0.1, 0.15) is 60.2 Å². The lowest BCUT2D eigenvalue weighted by atomic mass is 9.82. The summed E-state index contributed by atoms with van der Waals surface area (Å²) in [5.41, 5.74) is 0.713. The van der Waals surface area contributed by atoms with Crippen molar-refractivity contribution < 1.29 is 9.59 Å². The number of carbonyl (C=O) groups is 2. The number of hydrogen-bond donors (Lipinski definition) is 2. The van der Waals surface area contributed by atoms with Gasteiger partial charge in [0.15, 0.2) is 0 Å². The SMILES string of the molecule is CC(=O)Nc1nnc([C@H]2CCC[C@H](c3nnc(NC(=O)Cc4ccccn4)s3)C2)s1. The maximum absolute atomic E-state index is 12.2. The lowest BCUT2D eigenvalue weighted by Gasteiger charge is -2.25. The molecule has 1 aliphatic carbocycles. The molecule has 3 heterocycles. The van der Waals surface area contributed by atoms with Crippen molar-refractivity contribution in [3.8, 4) is 0 Å². The standard InChI is InChI=1S/C19H21N7O2S2/c1-11(27)21-18-25-23-16(29-18)12-5-4-6-13(9-12)17-24-26-19(30-17)22-15(28)10-14-7-2-3-8-20-14/h2-3,7-8,12-13H,4-6,9-10H2,1H3,(H,21,25,27)(H,22,26,28)/t12-,13-/m0/s1. The number of amides is 2. The predicted molar refractivity (Wildman–Crippen MR) is 115 cm³/mol. The van der Waals surface area contributed by atoms with Gasteiger partial charge in [0.2, 0.25) is 22.1 Å². The summed E-state index contributed by atoms with van der Waals surface area (Å²) >= 11 is 2.85. The molecule has 1 fully saturated rings. The van der Waals surface area contributed by atoms with E-state index in [4.69, 9.17) is 0 Å². The van der Waals surface area contributed by atoms with Crippen LogP contribution in [0.15, 0.2) is 24.4 Å². The molecule has 3 aromatic heterocycles. The van der Waals surface area contributed by atoms with Crippen LogP contribution in [-0.2, 0) is 16.0 Å². The van der Waals surface area contributed by atoms with Gasteiger partial charge in [-0.2, -0.15) is 0 Å². The molecule has 1 aliphatic rings. The predicted octanol–water partition coefficient (Wildman–Crippen LogP) is 3.37. The van der Waals surface area contributed by atoms with Crippen LogP contribution in [-0.4, -0.2) is 37.2 Å². The quantitative estimate of drug-likeness (QED) is 0.599. The molecule has 0 radical (unpaired) electrons. The highest BCUT2D eigenvalue weighted by molar-refractivity contribution is 7.15. The Hall–Kier alpha value is -2.79. The van der Waals surface area contributed by atoms with E-state index in [-0.39, 0.29) is 30.1 Å². The Morgan fingerprint density at radius 2 is 1.67 bits per heavy atom. The molecule has 3 aromatic rings. The first-order chi connectivity index (χ1) is 14.6. The molecule has 0 saturated heterocycles. The molecular weight excluding hydrogens is 422 g/mol. The second-order valence-corrected chi connectivity index (χ2v) is 9.20. The summed E-state index contributed by atoms with van der Waals surface area (Å²) in [5, 5.41) is 25.2. The molecule has 9 nitrogen and oxygen atoms in total. The van der Waals surface area contributed by atoms with Crippen LogP contribution in [0.3, 0.4) is 0 Å². The molecule has 11 heteroatoms. The van der Waals surface area contributed by atoms with E-state index in [0.717, 1.165) is 35.7 Å². The van der Waals surface area contributed by atoms with Crippen molar-refractivity contribution in [2.45, 2.75) is 50.9 Å². The van der Waals surface area contributed by atoms with Gasteiger partial charge in [-0.15, -0.1) is 20.4 Å². The van der Waals surface area contributed by atoms with Crippen molar-refractivity contribution in [1.82, 2.24) is 25.4 Å². The Bertz CT molecular complexity index is 1020. The van der Waals surface area contributed by atoms with E-state index in [1.165, 1.54) is 29.6 Å². The van der Waals surface area contributed by atoms with Crippen LogP contribution in [0, 0.1) is 0 Å². The monoisotopic (exact) mass is 443 g/mol. The summed E-state index contributed by atoms with van der Waals surface area (Å²) in [6.07, 6.45) is 5.91. The smallest absolute Gasteiger partial charge is 0.232 e.